The Kier molecular flexibility index (Phi) is 8.40. The lowest BCUT2D eigenvalue weighted by Gasteiger charge is -2.26. The fraction of sp³-hybridized carbons (Fsp3) is 0.611. The Morgan fingerprint density at radius 2 is 2.00 bits per heavy atom. The Morgan fingerprint density at radius 3 is 2.63 bits per heavy atom. The highest BCUT2D eigenvalue weighted by Crippen LogP contribution is 2.31. The van der Waals surface area contributed by atoms with E-state index in [4.69, 9.17) is 9.84 Å². The second-order valence-electron chi connectivity index (χ2n) is 6.61. The zero-order chi connectivity index (χ0) is 19.9. The summed E-state index contributed by atoms with van der Waals surface area (Å²) in [6.07, 6.45) is 2.65. The van der Waals surface area contributed by atoms with Crippen molar-refractivity contribution >= 4 is 33.4 Å². The summed E-state index contributed by atoms with van der Waals surface area (Å²) < 4.78 is 33.0. The number of hydrogen-bond acceptors (Lipinski definition) is 6. The summed E-state index contributed by atoms with van der Waals surface area (Å²) in [5, 5.41) is 11.6. The number of rotatable bonds is 9. The van der Waals surface area contributed by atoms with Crippen LogP contribution in [0.25, 0.3) is 0 Å². The first-order valence-corrected chi connectivity index (χ1v) is 11.7. The molecular formula is C18H28N2O5S2. The first kappa shape index (κ1) is 22.0. The van der Waals surface area contributed by atoms with E-state index < -0.39 is 10.0 Å². The normalized spacial score (nSPS) is 15.7. The number of aliphatic hydroxyl groups is 1. The molecule has 0 spiro atoms. The number of ether oxygens (including phenoxy) is 1. The highest BCUT2D eigenvalue weighted by atomic mass is 32.2. The largest absolute Gasteiger partial charge is 0.489 e. The number of anilines is 1. The second-order valence-corrected chi connectivity index (χ2v) is 9.66. The summed E-state index contributed by atoms with van der Waals surface area (Å²) in [7, 11) is -3.60. The van der Waals surface area contributed by atoms with Crippen LogP contribution < -0.4 is 10.1 Å². The van der Waals surface area contributed by atoms with Crippen LogP contribution >= 0.6 is 11.8 Å². The van der Waals surface area contributed by atoms with Gasteiger partial charge in [-0.15, -0.1) is 11.8 Å². The molecule has 0 aliphatic carbocycles. The van der Waals surface area contributed by atoms with E-state index in [2.05, 4.69) is 5.32 Å². The van der Waals surface area contributed by atoms with Crippen LogP contribution in [0.4, 0.5) is 5.69 Å². The van der Waals surface area contributed by atoms with E-state index in [-0.39, 0.29) is 29.3 Å². The topological polar surface area (TPSA) is 95.9 Å². The van der Waals surface area contributed by atoms with Gasteiger partial charge in [0.25, 0.3) is 0 Å². The van der Waals surface area contributed by atoms with E-state index in [1.807, 2.05) is 13.8 Å². The monoisotopic (exact) mass is 416 g/mol. The first-order valence-electron chi connectivity index (χ1n) is 9.14. The van der Waals surface area contributed by atoms with Crippen LogP contribution in [-0.2, 0) is 14.8 Å². The lowest BCUT2D eigenvalue weighted by atomic mass is 10.2. The number of aliphatic hydroxyl groups excluding tert-OH is 1. The van der Waals surface area contributed by atoms with E-state index in [1.54, 1.807) is 6.07 Å². The molecule has 27 heavy (non-hydrogen) atoms. The summed E-state index contributed by atoms with van der Waals surface area (Å²) >= 11 is 1.30. The first-order chi connectivity index (χ1) is 12.8. The summed E-state index contributed by atoms with van der Waals surface area (Å²) in [5.41, 5.74) is 0.344. The van der Waals surface area contributed by atoms with Gasteiger partial charge in [0.05, 0.1) is 29.0 Å². The Morgan fingerprint density at radius 1 is 1.30 bits per heavy atom. The number of hydrogen-bond donors (Lipinski definition) is 2. The van der Waals surface area contributed by atoms with Gasteiger partial charge in [0.15, 0.2) is 0 Å². The fourth-order valence-corrected chi connectivity index (χ4v) is 4.87. The van der Waals surface area contributed by atoms with Crippen molar-refractivity contribution in [3.63, 3.8) is 0 Å². The van der Waals surface area contributed by atoms with E-state index >= 15 is 0 Å². The standard InChI is InChI=1S/C18H28N2O5S2/c1-14(2)25-17-7-6-15(27(23,24)20-8-4-3-5-9-20)12-16(17)19-18(22)13-26-11-10-21/h6-7,12,14,21H,3-5,8-11,13H2,1-2H3,(H,19,22). The number of carbonyl (C=O) groups is 1. The van der Waals surface area contributed by atoms with Crippen molar-refractivity contribution in [2.75, 3.05) is 36.5 Å². The van der Waals surface area contributed by atoms with Crippen molar-refractivity contribution in [3.8, 4) is 5.75 Å². The molecule has 1 fully saturated rings. The van der Waals surface area contributed by atoms with E-state index in [9.17, 15) is 13.2 Å². The molecule has 0 atom stereocenters. The summed E-state index contributed by atoms with van der Waals surface area (Å²) in [6, 6.07) is 4.58. The van der Waals surface area contributed by atoms with Crippen molar-refractivity contribution in [2.45, 2.75) is 44.1 Å². The van der Waals surface area contributed by atoms with Gasteiger partial charge in [-0.25, -0.2) is 8.42 Å². The molecule has 9 heteroatoms. The minimum atomic E-state index is -3.60. The third kappa shape index (κ3) is 6.38. The van der Waals surface area contributed by atoms with Gasteiger partial charge in [0, 0.05) is 18.8 Å². The molecule has 0 unspecified atom stereocenters. The molecule has 1 amide bonds. The Labute approximate surface area is 165 Å². The number of amides is 1. The van der Waals surface area contributed by atoms with Crippen molar-refractivity contribution in [3.05, 3.63) is 18.2 Å². The zero-order valence-electron chi connectivity index (χ0n) is 15.8. The number of carbonyl (C=O) groups excluding carboxylic acids is 1. The number of thioether (sulfide) groups is 1. The van der Waals surface area contributed by atoms with Gasteiger partial charge < -0.3 is 15.2 Å². The Bertz CT molecular complexity index is 731. The third-order valence-electron chi connectivity index (χ3n) is 4.01. The van der Waals surface area contributed by atoms with Crippen LogP contribution in [0.15, 0.2) is 23.1 Å². The molecule has 1 aliphatic rings. The summed E-state index contributed by atoms with van der Waals surface area (Å²) in [6.45, 7) is 4.77. The molecule has 0 saturated carbocycles. The predicted octanol–water partition coefficient (Wildman–Crippen LogP) is 2.31. The van der Waals surface area contributed by atoms with Crippen LogP contribution in [0.5, 0.6) is 5.75 Å². The molecule has 1 aromatic rings. The van der Waals surface area contributed by atoms with Gasteiger partial charge in [0.1, 0.15) is 5.75 Å². The molecule has 0 aromatic heterocycles. The maximum Gasteiger partial charge on any atom is 0.243 e. The van der Waals surface area contributed by atoms with Crippen LogP contribution in [0.1, 0.15) is 33.1 Å². The zero-order valence-corrected chi connectivity index (χ0v) is 17.4. The van der Waals surface area contributed by atoms with Crippen molar-refractivity contribution in [1.29, 1.82) is 0 Å². The third-order valence-corrected chi connectivity index (χ3v) is 6.84. The number of nitrogens with one attached hydrogen (secondary N) is 1. The molecule has 152 valence electrons. The molecule has 2 rings (SSSR count). The minimum absolute atomic E-state index is 0.00320. The quantitative estimate of drug-likeness (QED) is 0.600. The summed E-state index contributed by atoms with van der Waals surface area (Å²) in [5.74, 6) is 0.800. The lowest BCUT2D eigenvalue weighted by Crippen LogP contribution is -2.35. The maximum atomic E-state index is 12.9. The number of sulfonamides is 1. The van der Waals surface area contributed by atoms with Gasteiger partial charge in [-0.2, -0.15) is 4.31 Å². The highest BCUT2D eigenvalue weighted by molar-refractivity contribution is 7.99. The molecule has 1 saturated heterocycles. The molecule has 7 nitrogen and oxygen atoms in total. The average molecular weight is 417 g/mol. The molecule has 0 radical (unpaired) electrons. The second kappa shape index (κ2) is 10.3. The van der Waals surface area contributed by atoms with E-state index in [0.717, 1.165) is 19.3 Å². The molecular weight excluding hydrogens is 388 g/mol. The average Bonchev–Trinajstić information content (AvgIpc) is 2.63. The number of benzene rings is 1. The van der Waals surface area contributed by atoms with Crippen LogP contribution in [0.2, 0.25) is 0 Å². The lowest BCUT2D eigenvalue weighted by molar-refractivity contribution is -0.113. The number of piperidine rings is 1. The summed E-state index contributed by atoms with van der Waals surface area (Å²) in [4.78, 5) is 12.3. The smallest absolute Gasteiger partial charge is 0.243 e. The van der Waals surface area contributed by atoms with E-state index in [1.165, 1.54) is 28.2 Å². The van der Waals surface area contributed by atoms with Gasteiger partial charge in [0.2, 0.25) is 15.9 Å². The molecule has 2 N–H and O–H groups in total. The van der Waals surface area contributed by atoms with Gasteiger partial charge in [-0.05, 0) is 44.9 Å². The Balaban J connectivity index is 2.25. The Hall–Kier alpha value is -1.29. The molecule has 1 heterocycles. The van der Waals surface area contributed by atoms with Gasteiger partial charge in [-0.1, -0.05) is 6.42 Å². The predicted molar refractivity (Wildman–Crippen MR) is 108 cm³/mol. The van der Waals surface area contributed by atoms with Crippen LogP contribution in [0, 0.1) is 0 Å². The maximum absolute atomic E-state index is 12.9. The van der Waals surface area contributed by atoms with E-state index in [0.29, 0.717) is 30.3 Å². The highest BCUT2D eigenvalue weighted by Gasteiger charge is 2.27. The molecule has 1 aliphatic heterocycles. The van der Waals surface area contributed by atoms with Gasteiger partial charge >= 0.3 is 0 Å². The van der Waals surface area contributed by atoms with Crippen LogP contribution in [-0.4, -0.2) is 61.0 Å². The fourth-order valence-electron chi connectivity index (χ4n) is 2.79. The molecule has 1 aromatic carbocycles. The minimum Gasteiger partial charge on any atom is -0.489 e. The van der Waals surface area contributed by atoms with Crippen LogP contribution in [0.3, 0.4) is 0 Å². The van der Waals surface area contributed by atoms with Crippen molar-refractivity contribution < 1.29 is 23.1 Å². The molecule has 0 bridgehead atoms. The number of nitrogens with zero attached hydrogens (tertiary/aromatic N) is 1. The SMILES string of the molecule is CC(C)Oc1ccc(S(=O)(=O)N2CCCCC2)cc1NC(=O)CSCCO. The van der Waals surface area contributed by atoms with Crippen molar-refractivity contribution in [1.82, 2.24) is 4.31 Å². The van der Waals surface area contributed by atoms with Crippen molar-refractivity contribution in [2.24, 2.45) is 0 Å². The van der Waals surface area contributed by atoms with Gasteiger partial charge in [-0.3, -0.25) is 4.79 Å².